The van der Waals surface area contributed by atoms with Crippen molar-refractivity contribution in [2.45, 2.75) is 19.4 Å². The second-order valence-electron chi connectivity index (χ2n) is 4.73. The minimum atomic E-state index is -2.84. The fourth-order valence-corrected chi connectivity index (χ4v) is 2.19. The highest BCUT2D eigenvalue weighted by molar-refractivity contribution is 7.90. The Balaban J connectivity index is 2.29. The van der Waals surface area contributed by atoms with Gasteiger partial charge in [0, 0.05) is 31.4 Å². The van der Waals surface area contributed by atoms with Crippen molar-refractivity contribution in [3.05, 3.63) is 0 Å². The van der Waals surface area contributed by atoms with E-state index < -0.39 is 9.84 Å². The number of sulfone groups is 1. The summed E-state index contributed by atoms with van der Waals surface area (Å²) in [6.45, 7) is 6.46. The summed E-state index contributed by atoms with van der Waals surface area (Å²) in [5, 5.41) is 0. The van der Waals surface area contributed by atoms with Crippen LogP contribution in [-0.2, 0) is 9.84 Å². The van der Waals surface area contributed by atoms with Crippen molar-refractivity contribution < 1.29 is 8.42 Å². The molecule has 4 nitrogen and oxygen atoms in total. The van der Waals surface area contributed by atoms with Crippen LogP contribution in [0.3, 0.4) is 0 Å². The van der Waals surface area contributed by atoms with Crippen LogP contribution >= 0.6 is 0 Å². The van der Waals surface area contributed by atoms with Gasteiger partial charge in [0.05, 0.1) is 5.75 Å². The lowest BCUT2D eigenvalue weighted by Crippen LogP contribution is -2.70. The predicted octanol–water partition coefficient (Wildman–Crippen LogP) is -0.300. The van der Waals surface area contributed by atoms with E-state index in [1.165, 1.54) is 6.26 Å². The standard InChI is InChI=1S/C9H20N2O2S/c1-8(2)9(10)6-11(7-9)4-5-14(3,12)13/h8H,4-7,10H2,1-3H3. The van der Waals surface area contributed by atoms with Crippen LogP contribution in [0.4, 0.5) is 0 Å². The number of nitrogens with two attached hydrogens (primary N) is 1. The maximum Gasteiger partial charge on any atom is 0.148 e. The van der Waals surface area contributed by atoms with E-state index in [1.807, 2.05) is 0 Å². The van der Waals surface area contributed by atoms with Crippen LogP contribution in [-0.4, -0.2) is 50.5 Å². The lowest BCUT2D eigenvalue weighted by atomic mass is 9.80. The Hall–Kier alpha value is -0.130. The van der Waals surface area contributed by atoms with Crippen molar-refractivity contribution >= 4 is 9.84 Å². The van der Waals surface area contributed by atoms with Gasteiger partial charge in [-0.1, -0.05) is 13.8 Å². The average Bonchev–Trinajstić information content (AvgIpc) is 1.93. The van der Waals surface area contributed by atoms with E-state index in [9.17, 15) is 8.42 Å². The van der Waals surface area contributed by atoms with Gasteiger partial charge in [-0.05, 0) is 5.92 Å². The monoisotopic (exact) mass is 220 g/mol. The minimum Gasteiger partial charge on any atom is -0.323 e. The molecule has 1 heterocycles. The molecule has 1 saturated heterocycles. The molecule has 1 aliphatic heterocycles. The number of rotatable bonds is 4. The molecule has 0 saturated carbocycles. The topological polar surface area (TPSA) is 63.4 Å². The highest BCUT2D eigenvalue weighted by Crippen LogP contribution is 2.25. The summed E-state index contributed by atoms with van der Waals surface area (Å²) >= 11 is 0. The van der Waals surface area contributed by atoms with E-state index >= 15 is 0 Å². The number of hydrogen-bond donors (Lipinski definition) is 1. The molecule has 5 heteroatoms. The molecule has 1 rings (SSSR count). The maximum absolute atomic E-state index is 10.9. The van der Waals surface area contributed by atoms with E-state index in [2.05, 4.69) is 18.7 Å². The Bertz CT molecular complexity index is 292. The van der Waals surface area contributed by atoms with Crippen molar-refractivity contribution in [2.75, 3.05) is 31.6 Å². The second-order valence-corrected chi connectivity index (χ2v) is 6.99. The Morgan fingerprint density at radius 1 is 1.43 bits per heavy atom. The van der Waals surface area contributed by atoms with E-state index in [0.717, 1.165) is 13.1 Å². The summed E-state index contributed by atoms with van der Waals surface area (Å²) in [6.07, 6.45) is 1.27. The molecule has 0 aromatic rings. The molecule has 0 radical (unpaired) electrons. The average molecular weight is 220 g/mol. The van der Waals surface area contributed by atoms with Gasteiger partial charge >= 0.3 is 0 Å². The minimum absolute atomic E-state index is 0.0997. The van der Waals surface area contributed by atoms with Gasteiger partial charge in [0.15, 0.2) is 0 Å². The zero-order valence-corrected chi connectivity index (χ0v) is 9.97. The molecule has 14 heavy (non-hydrogen) atoms. The molecule has 84 valence electrons. The molecular formula is C9H20N2O2S. The maximum atomic E-state index is 10.9. The molecule has 1 fully saturated rings. The predicted molar refractivity (Wildman–Crippen MR) is 57.9 cm³/mol. The molecule has 0 amide bonds. The molecule has 0 unspecified atom stereocenters. The van der Waals surface area contributed by atoms with Crippen LogP contribution in [0.5, 0.6) is 0 Å². The highest BCUT2D eigenvalue weighted by atomic mass is 32.2. The summed E-state index contributed by atoms with van der Waals surface area (Å²) in [4.78, 5) is 2.10. The van der Waals surface area contributed by atoms with Gasteiger partial charge in [0.2, 0.25) is 0 Å². The number of nitrogens with zero attached hydrogens (tertiary/aromatic N) is 1. The van der Waals surface area contributed by atoms with Crippen molar-refractivity contribution in [2.24, 2.45) is 11.7 Å². The van der Waals surface area contributed by atoms with Crippen molar-refractivity contribution in [1.82, 2.24) is 4.90 Å². The third-order valence-corrected chi connectivity index (χ3v) is 3.89. The fraction of sp³-hybridized carbons (Fsp3) is 1.00. The first-order chi connectivity index (χ1) is 6.23. The van der Waals surface area contributed by atoms with E-state index in [-0.39, 0.29) is 11.3 Å². The van der Waals surface area contributed by atoms with Crippen molar-refractivity contribution in [3.8, 4) is 0 Å². The summed E-state index contributed by atoms with van der Waals surface area (Å²) < 4.78 is 21.8. The van der Waals surface area contributed by atoms with Gasteiger partial charge in [0.1, 0.15) is 9.84 Å². The molecule has 0 atom stereocenters. The third kappa shape index (κ3) is 2.93. The largest absolute Gasteiger partial charge is 0.323 e. The zero-order chi connectivity index (χ0) is 11.0. The second kappa shape index (κ2) is 3.79. The van der Waals surface area contributed by atoms with Gasteiger partial charge in [-0.3, -0.25) is 4.90 Å². The first kappa shape index (κ1) is 11.9. The Morgan fingerprint density at radius 3 is 2.29 bits per heavy atom. The lowest BCUT2D eigenvalue weighted by Gasteiger charge is -2.50. The Labute approximate surface area is 86.4 Å². The van der Waals surface area contributed by atoms with Crippen LogP contribution in [0, 0.1) is 5.92 Å². The van der Waals surface area contributed by atoms with Crippen molar-refractivity contribution in [3.63, 3.8) is 0 Å². The zero-order valence-electron chi connectivity index (χ0n) is 9.16. The normalized spacial score (nSPS) is 22.4. The third-order valence-electron chi connectivity index (χ3n) is 2.96. The van der Waals surface area contributed by atoms with Gasteiger partial charge in [-0.15, -0.1) is 0 Å². The first-order valence-corrected chi connectivity index (χ1v) is 6.98. The smallest absolute Gasteiger partial charge is 0.148 e. The van der Waals surface area contributed by atoms with Crippen molar-refractivity contribution in [1.29, 1.82) is 0 Å². The lowest BCUT2D eigenvalue weighted by molar-refractivity contribution is 0.0434. The molecule has 0 spiro atoms. The Morgan fingerprint density at radius 2 is 1.93 bits per heavy atom. The molecule has 0 aromatic heterocycles. The van der Waals surface area contributed by atoms with Crippen LogP contribution in [0.2, 0.25) is 0 Å². The van der Waals surface area contributed by atoms with Crippen LogP contribution in [0.1, 0.15) is 13.8 Å². The molecular weight excluding hydrogens is 200 g/mol. The highest BCUT2D eigenvalue weighted by Gasteiger charge is 2.41. The molecule has 0 aliphatic carbocycles. The van der Waals surface area contributed by atoms with Gasteiger partial charge in [-0.25, -0.2) is 8.42 Å². The number of hydrogen-bond acceptors (Lipinski definition) is 4. The summed E-state index contributed by atoms with van der Waals surface area (Å²) in [7, 11) is -2.84. The van der Waals surface area contributed by atoms with Gasteiger partial charge in [-0.2, -0.15) is 0 Å². The van der Waals surface area contributed by atoms with E-state index in [0.29, 0.717) is 12.5 Å². The SMILES string of the molecule is CC(C)C1(N)CN(CCS(C)(=O)=O)C1. The summed E-state index contributed by atoms with van der Waals surface area (Å²) in [5.41, 5.74) is 5.98. The summed E-state index contributed by atoms with van der Waals surface area (Å²) in [5.74, 6) is 0.693. The Kier molecular flexibility index (Phi) is 3.23. The van der Waals surface area contributed by atoms with Crippen LogP contribution < -0.4 is 5.73 Å². The van der Waals surface area contributed by atoms with Gasteiger partial charge < -0.3 is 5.73 Å². The quantitative estimate of drug-likeness (QED) is 0.706. The van der Waals surface area contributed by atoms with Gasteiger partial charge in [0.25, 0.3) is 0 Å². The van der Waals surface area contributed by atoms with E-state index in [1.54, 1.807) is 0 Å². The molecule has 1 aliphatic rings. The van der Waals surface area contributed by atoms with E-state index in [4.69, 9.17) is 5.73 Å². The summed E-state index contributed by atoms with van der Waals surface area (Å²) in [6, 6.07) is 0. The van der Waals surface area contributed by atoms with Crippen LogP contribution in [0.15, 0.2) is 0 Å². The molecule has 0 bridgehead atoms. The molecule has 0 aromatic carbocycles. The van der Waals surface area contributed by atoms with Crippen LogP contribution in [0.25, 0.3) is 0 Å². The molecule has 2 N–H and O–H groups in total. The number of likely N-dealkylation sites (tertiary alicyclic amines) is 1. The fourth-order valence-electron chi connectivity index (χ4n) is 1.60. The first-order valence-electron chi connectivity index (χ1n) is 4.92.